The Labute approximate surface area is 123 Å². The molecule has 0 atom stereocenters. The van der Waals surface area contributed by atoms with Gasteiger partial charge >= 0.3 is 5.97 Å². The summed E-state index contributed by atoms with van der Waals surface area (Å²) in [5.41, 5.74) is 2.71. The molecule has 0 amide bonds. The van der Waals surface area contributed by atoms with E-state index in [-0.39, 0.29) is 5.88 Å². The molecule has 0 saturated heterocycles. The summed E-state index contributed by atoms with van der Waals surface area (Å²) >= 11 is 0. The second-order valence-corrected chi connectivity index (χ2v) is 4.52. The van der Waals surface area contributed by atoms with Crippen LogP contribution in [-0.4, -0.2) is 25.2 Å². The Bertz CT molecular complexity index is 641. The van der Waals surface area contributed by atoms with Gasteiger partial charge in [0.1, 0.15) is 11.4 Å². The molecule has 0 unspecified atom stereocenters. The standard InChI is InChI=1S/C16H18N2O3/c1-11-6-4-5-7-12(11)10-17-14-9-8-13(16(19)21-3)15(18-14)20-2/h4-9H,10H2,1-3H3,(H,17,18). The molecule has 0 fully saturated rings. The molecular formula is C16H18N2O3. The quantitative estimate of drug-likeness (QED) is 0.856. The molecule has 0 bridgehead atoms. The number of esters is 1. The second kappa shape index (κ2) is 6.74. The summed E-state index contributed by atoms with van der Waals surface area (Å²) in [4.78, 5) is 15.8. The summed E-state index contributed by atoms with van der Waals surface area (Å²) in [5, 5.41) is 3.22. The number of ether oxygens (including phenoxy) is 2. The van der Waals surface area contributed by atoms with Crippen LogP contribution in [0.1, 0.15) is 21.5 Å². The summed E-state index contributed by atoms with van der Waals surface area (Å²) in [6.07, 6.45) is 0. The maximum Gasteiger partial charge on any atom is 0.343 e. The Morgan fingerprint density at radius 1 is 1.19 bits per heavy atom. The number of nitrogens with one attached hydrogen (secondary N) is 1. The lowest BCUT2D eigenvalue weighted by Gasteiger charge is -2.11. The summed E-state index contributed by atoms with van der Waals surface area (Å²) in [6.45, 7) is 2.71. The minimum Gasteiger partial charge on any atom is -0.480 e. The van der Waals surface area contributed by atoms with Crippen LogP contribution >= 0.6 is 0 Å². The average molecular weight is 286 g/mol. The third kappa shape index (κ3) is 3.51. The van der Waals surface area contributed by atoms with Gasteiger partial charge in [0.25, 0.3) is 0 Å². The minimum absolute atomic E-state index is 0.247. The van der Waals surface area contributed by atoms with E-state index >= 15 is 0 Å². The number of aromatic nitrogens is 1. The van der Waals surface area contributed by atoms with Crippen molar-refractivity contribution >= 4 is 11.8 Å². The van der Waals surface area contributed by atoms with Crippen LogP contribution < -0.4 is 10.1 Å². The molecule has 1 heterocycles. The largest absolute Gasteiger partial charge is 0.480 e. The first-order valence-electron chi connectivity index (χ1n) is 6.57. The molecule has 0 radical (unpaired) electrons. The van der Waals surface area contributed by atoms with E-state index in [2.05, 4.69) is 34.1 Å². The van der Waals surface area contributed by atoms with Crippen molar-refractivity contribution in [3.8, 4) is 5.88 Å². The first-order valence-corrected chi connectivity index (χ1v) is 6.57. The Kier molecular flexibility index (Phi) is 4.77. The summed E-state index contributed by atoms with van der Waals surface area (Å²) < 4.78 is 9.82. The molecular weight excluding hydrogens is 268 g/mol. The Hall–Kier alpha value is -2.56. The van der Waals surface area contributed by atoms with Crippen molar-refractivity contribution in [2.75, 3.05) is 19.5 Å². The summed E-state index contributed by atoms with van der Waals surface area (Å²) in [5.74, 6) is 0.421. The molecule has 2 aromatic rings. The number of carbonyl (C=O) groups is 1. The molecule has 1 N–H and O–H groups in total. The SMILES string of the molecule is COC(=O)c1ccc(NCc2ccccc2C)nc1OC. The zero-order valence-corrected chi connectivity index (χ0v) is 12.3. The number of carbonyl (C=O) groups excluding carboxylic acids is 1. The van der Waals surface area contributed by atoms with Crippen LogP contribution in [0.3, 0.4) is 0 Å². The lowest BCUT2D eigenvalue weighted by atomic mass is 10.1. The zero-order chi connectivity index (χ0) is 15.2. The van der Waals surface area contributed by atoms with E-state index in [1.165, 1.54) is 25.3 Å². The molecule has 5 nitrogen and oxygen atoms in total. The van der Waals surface area contributed by atoms with Gasteiger partial charge in [-0.25, -0.2) is 4.79 Å². The first-order chi connectivity index (χ1) is 10.2. The highest BCUT2D eigenvalue weighted by molar-refractivity contribution is 5.92. The van der Waals surface area contributed by atoms with E-state index in [4.69, 9.17) is 4.74 Å². The van der Waals surface area contributed by atoms with Crippen LogP contribution in [0, 0.1) is 6.92 Å². The Balaban J connectivity index is 2.15. The van der Waals surface area contributed by atoms with Crippen molar-refractivity contribution in [2.45, 2.75) is 13.5 Å². The number of nitrogens with zero attached hydrogens (tertiary/aromatic N) is 1. The number of aryl methyl sites for hydroxylation is 1. The molecule has 5 heteroatoms. The minimum atomic E-state index is -0.468. The smallest absolute Gasteiger partial charge is 0.343 e. The lowest BCUT2D eigenvalue weighted by Crippen LogP contribution is -2.08. The van der Waals surface area contributed by atoms with Crippen LogP contribution in [0.25, 0.3) is 0 Å². The predicted molar refractivity (Wildman–Crippen MR) is 80.6 cm³/mol. The highest BCUT2D eigenvalue weighted by Crippen LogP contribution is 2.20. The van der Waals surface area contributed by atoms with Crippen molar-refractivity contribution in [1.82, 2.24) is 4.98 Å². The number of benzene rings is 1. The molecule has 21 heavy (non-hydrogen) atoms. The van der Waals surface area contributed by atoms with E-state index < -0.39 is 5.97 Å². The molecule has 110 valence electrons. The van der Waals surface area contributed by atoms with Crippen LogP contribution in [0.15, 0.2) is 36.4 Å². The van der Waals surface area contributed by atoms with Gasteiger partial charge in [0.15, 0.2) is 0 Å². The van der Waals surface area contributed by atoms with Crippen molar-refractivity contribution in [2.24, 2.45) is 0 Å². The van der Waals surface area contributed by atoms with Gasteiger partial charge < -0.3 is 14.8 Å². The van der Waals surface area contributed by atoms with Crippen molar-refractivity contribution in [3.05, 3.63) is 53.1 Å². The fourth-order valence-electron chi connectivity index (χ4n) is 1.95. The Morgan fingerprint density at radius 2 is 1.95 bits per heavy atom. The predicted octanol–water partition coefficient (Wildman–Crippen LogP) is 2.80. The van der Waals surface area contributed by atoms with E-state index in [0.29, 0.717) is 17.9 Å². The normalized spacial score (nSPS) is 10.0. The van der Waals surface area contributed by atoms with E-state index in [0.717, 1.165) is 0 Å². The number of hydrogen-bond acceptors (Lipinski definition) is 5. The molecule has 0 spiro atoms. The van der Waals surface area contributed by atoms with Crippen molar-refractivity contribution in [1.29, 1.82) is 0 Å². The van der Waals surface area contributed by atoms with Gasteiger partial charge in [0.2, 0.25) is 5.88 Å². The lowest BCUT2D eigenvalue weighted by molar-refractivity contribution is 0.0596. The number of pyridine rings is 1. The third-order valence-corrected chi connectivity index (χ3v) is 3.18. The fourth-order valence-corrected chi connectivity index (χ4v) is 1.95. The maximum atomic E-state index is 11.6. The second-order valence-electron chi connectivity index (χ2n) is 4.52. The van der Waals surface area contributed by atoms with Gasteiger partial charge in [-0.15, -0.1) is 0 Å². The number of rotatable bonds is 5. The van der Waals surface area contributed by atoms with E-state index in [1.807, 2.05) is 12.1 Å². The topological polar surface area (TPSA) is 60.5 Å². The van der Waals surface area contributed by atoms with Crippen molar-refractivity contribution < 1.29 is 14.3 Å². The van der Waals surface area contributed by atoms with Crippen LogP contribution in [0.4, 0.5) is 5.82 Å². The molecule has 0 saturated carbocycles. The molecule has 1 aromatic carbocycles. The van der Waals surface area contributed by atoms with Crippen molar-refractivity contribution in [3.63, 3.8) is 0 Å². The van der Waals surface area contributed by atoms with Gasteiger partial charge in [-0.1, -0.05) is 24.3 Å². The number of anilines is 1. The molecule has 2 rings (SSSR count). The third-order valence-electron chi connectivity index (χ3n) is 3.18. The Morgan fingerprint density at radius 3 is 2.62 bits per heavy atom. The number of methoxy groups -OCH3 is 2. The highest BCUT2D eigenvalue weighted by Gasteiger charge is 2.14. The van der Waals surface area contributed by atoms with Gasteiger partial charge in [0.05, 0.1) is 14.2 Å². The first kappa shape index (κ1) is 14.8. The average Bonchev–Trinajstić information content (AvgIpc) is 2.53. The van der Waals surface area contributed by atoms with E-state index in [1.54, 1.807) is 12.1 Å². The van der Waals surface area contributed by atoms with Gasteiger partial charge in [-0.2, -0.15) is 4.98 Å². The van der Waals surface area contributed by atoms with Gasteiger partial charge in [-0.05, 0) is 30.2 Å². The zero-order valence-electron chi connectivity index (χ0n) is 12.3. The number of hydrogen-bond donors (Lipinski definition) is 1. The highest BCUT2D eigenvalue weighted by atomic mass is 16.5. The van der Waals surface area contributed by atoms with Gasteiger partial charge in [-0.3, -0.25) is 0 Å². The van der Waals surface area contributed by atoms with E-state index in [9.17, 15) is 4.79 Å². The molecule has 0 aliphatic heterocycles. The fraction of sp³-hybridized carbons (Fsp3) is 0.250. The molecule has 0 aliphatic rings. The van der Waals surface area contributed by atoms with Crippen LogP contribution in [0.5, 0.6) is 5.88 Å². The monoisotopic (exact) mass is 286 g/mol. The van der Waals surface area contributed by atoms with Crippen LogP contribution in [0.2, 0.25) is 0 Å². The molecule has 0 aliphatic carbocycles. The van der Waals surface area contributed by atoms with Crippen LogP contribution in [-0.2, 0) is 11.3 Å². The molecule has 1 aromatic heterocycles. The summed E-state index contributed by atoms with van der Waals surface area (Å²) in [7, 11) is 2.80. The van der Waals surface area contributed by atoms with Gasteiger partial charge in [0, 0.05) is 6.54 Å². The summed E-state index contributed by atoms with van der Waals surface area (Å²) in [6, 6.07) is 11.5. The maximum absolute atomic E-state index is 11.6.